The Hall–Kier alpha value is -0.530. The fourth-order valence-electron chi connectivity index (χ4n) is 1.95. The molecule has 0 aliphatic rings. The Morgan fingerprint density at radius 1 is 1.33 bits per heavy atom. The molecule has 0 aliphatic heterocycles. The smallest absolute Gasteiger partial charge is 0.0438 e. The molecular formula is C13H20ClN. The second-order valence-corrected chi connectivity index (χ2v) is 4.42. The van der Waals surface area contributed by atoms with Gasteiger partial charge in [-0.15, -0.1) is 0 Å². The topological polar surface area (TPSA) is 12.0 Å². The van der Waals surface area contributed by atoms with Gasteiger partial charge in [0.25, 0.3) is 0 Å². The molecular weight excluding hydrogens is 206 g/mol. The molecule has 0 radical (unpaired) electrons. The van der Waals surface area contributed by atoms with Gasteiger partial charge in [-0.3, -0.25) is 0 Å². The Bertz CT molecular complexity index is 280. The molecule has 1 N–H and O–H groups in total. The molecule has 0 heterocycles. The number of hydrogen-bond acceptors (Lipinski definition) is 1. The zero-order valence-corrected chi connectivity index (χ0v) is 10.3. The summed E-state index contributed by atoms with van der Waals surface area (Å²) in [6.45, 7) is 3.30. The van der Waals surface area contributed by atoms with E-state index in [2.05, 4.69) is 24.4 Å². The molecule has 1 nitrogen and oxygen atoms in total. The predicted octanol–water partition coefficient (Wildman–Crippen LogP) is 3.52. The first-order valence-electron chi connectivity index (χ1n) is 5.66. The minimum Gasteiger partial charge on any atom is -0.319 e. The Morgan fingerprint density at radius 3 is 2.67 bits per heavy atom. The molecule has 2 heteroatoms. The molecule has 0 amide bonds. The first-order valence-corrected chi connectivity index (χ1v) is 6.03. The Kier molecular flexibility index (Phi) is 5.74. The van der Waals surface area contributed by atoms with Crippen molar-refractivity contribution < 1.29 is 0 Å². The molecule has 0 saturated heterocycles. The lowest BCUT2D eigenvalue weighted by Gasteiger charge is -2.16. The van der Waals surface area contributed by atoms with Crippen LogP contribution in [-0.2, 0) is 6.42 Å². The molecule has 1 atom stereocenters. The quantitative estimate of drug-likeness (QED) is 0.781. The Balaban J connectivity index is 2.60. The van der Waals surface area contributed by atoms with Crippen LogP contribution in [0, 0.1) is 5.92 Å². The van der Waals surface area contributed by atoms with Gasteiger partial charge in [0.15, 0.2) is 0 Å². The normalized spacial score (nSPS) is 12.7. The molecule has 1 rings (SSSR count). The zero-order chi connectivity index (χ0) is 11.1. The molecule has 0 saturated carbocycles. The van der Waals surface area contributed by atoms with E-state index in [9.17, 15) is 0 Å². The first kappa shape index (κ1) is 12.5. The van der Waals surface area contributed by atoms with E-state index >= 15 is 0 Å². The zero-order valence-electron chi connectivity index (χ0n) is 9.59. The molecule has 0 spiro atoms. The highest BCUT2D eigenvalue weighted by Gasteiger charge is 2.09. The lowest BCUT2D eigenvalue weighted by molar-refractivity contribution is 0.456. The van der Waals surface area contributed by atoms with Gasteiger partial charge in [0.05, 0.1) is 0 Å². The van der Waals surface area contributed by atoms with Crippen molar-refractivity contribution in [2.75, 3.05) is 13.6 Å². The van der Waals surface area contributed by atoms with Crippen LogP contribution in [0.25, 0.3) is 0 Å². The summed E-state index contributed by atoms with van der Waals surface area (Å²) in [5, 5.41) is 4.15. The number of nitrogens with one attached hydrogen (secondary N) is 1. The molecule has 1 aromatic carbocycles. The minimum absolute atomic E-state index is 0.694. The second-order valence-electron chi connectivity index (χ2n) is 4.01. The maximum Gasteiger partial charge on any atom is 0.0438 e. The van der Waals surface area contributed by atoms with Crippen LogP contribution >= 0.6 is 11.6 Å². The predicted molar refractivity (Wildman–Crippen MR) is 67.5 cm³/mol. The summed E-state index contributed by atoms with van der Waals surface area (Å²) in [7, 11) is 2.01. The number of hydrogen-bond donors (Lipinski definition) is 1. The summed E-state index contributed by atoms with van der Waals surface area (Å²) in [5.74, 6) is 0.694. The monoisotopic (exact) mass is 225 g/mol. The highest BCUT2D eigenvalue weighted by atomic mass is 35.5. The van der Waals surface area contributed by atoms with Crippen LogP contribution in [0.1, 0.15) is 25.3 Å². The van der Waals surface area contributed by atoms with Crippen molar-refractivity contribution in [1.29, 1.82) is 0 Å². The number of rotatable bonds is 6. The van der Waals surface area contributed by atoms with Gasteiger partial charge in [0.1, 0.15) is 0 Å². The fourth-order valence-corrected chi connectivity index (χ4v) is 2.16. The summed E-state index contributed by atoms with van der Waals surface area (Å²) in [4.78, 5) is 0. The van der Waals surface area contributed by atoms with E-state index < -0.39 is 0 Å². The maximum absolute atomic E-state index is 6.15. The van der Waals surface area contributed by atoms with Gasteiger partial charge in [0.2, 0.25) is 0 Å². The average Bonchev–Trinajstić information content (AvgIpc) is 2.22. The molecule has 0 aliphatic carbocycles. The van der Waals surface area contributed by atoms with Gasteiger partial charge in [-0.05, 0) is 44.0 Å². The van der Waals surface area contributed by atoms with Gasteiger partial charge in [-0.1, -0.05) is 43.1 Å². The standard InChI is InChI=1S/C13H20ClN/c1-3-6-11(10-15-2)9-12-7-4-5-8-13(12)14/h4-5,7-8,11,15H,3,6,9-10H2,1-2H3. The maximum atomic E-state index is 6.15. The Labute approximate surface area is 97.8 Å². The molecule has 0 bridgehead atoms. The SMILES string of the molecule is CCCC(CNC)Cc1ccccc1Cl. The lowest BCUT2D eigenvalue weighted by Crippen LogP contribution is -2.20. The summed E-state index contributed by atoms with van der Waals surface area (Å²) in [5.41, 5.74) is 1.27. The number of benzene rings is 1. The summed E-state index contributed by atoms with van der Waals surface area (Å²) >= 11 is 6.15. The van der Waals surface area contributed by atoms with Gasteiger partial charge in [-0.2, -0.15) is 0 Å². The number of halogens is 1. The van der Waals surface area contributed by atoms with Crippen LogP contribution in [0.4, 0.5) is 0 Å². The van der Waals surface area contributed by atoms with Crippen molar-refractivity contribution in [2.24, 2.45) is 5.92 Å². The van der Waals surface area contributed by atoms with E-state index in [1.807, 2.05) is 19.2 Å². The van der Waals surface area contributed by atoms with Gasteiger partial charge in [-0.25, -0.2) is 0 Å². The van der Waals surface area contributed by atoms with Crippen LogP contribution in [-0.4, -0.2) is 13.6 Å². The third kappa shape index (κ3) is 4.23. The van der Waals surface area contributed by atoms with Gasteiger partial charge >= 0.3 is 0 Å². The van der Waals surface area contributed by atoms with E-state index in [1.54, 1.807) is 0 Å². The van der Waals surface area contributed by atoms with Crippen molar-refractivity contribution in [1.82, 2.24) is 5.32 Å². The van der Waals surface area contributed by atoms with Crippen molar-refractivity contribution in [3.8, 4) is 0 Å². The van der Waals surface area contributed by atoms with E-state index in [-0.39, 0.29) is 0 Å². The van der Waals surface area contributed by atoms with Crippen LogP contribution in [0.15, 0.2) is 24.3 Å². The van der Waals surface area contributed by atoms with Crippen molar-refractivity contribution in [3.05, 3.63) is 34.9 Å². The average molecular weight is 226 g/mol. The lowest BCUT2D eigenvalue weighted by atomic mass is 9.95. The van der Waals surface area contributed by atoms with Crippen molar-refractivity contribution >= 4 is 11.6 Å². The van der Waals surface area contributed by atoms with Crippen LogP contribution in [0.2, 0.25) is 5.02 Å². The van der Waals surface area contributed by atoms with Gasteiger partial charge in [0, 0.05) is 5.02 Å². The Morgan fingerprint density at radius 2 is 2.07 bits per heavy atom. The molecule has 1 aromatic rings. The van der Waals surface area contributed by atoms with E-state index in [0.717, 1.165) is 18.0 Å². The summed E-state index contributed by atoms with van der Waals surface area (Å²) < 4.78 is 0. The van der Waals surface area contributed by atoms with E-state index in [1.165, 1.54) is 18.4 Å². The van der Waals surface area contributed by atoms with Crippen LogP contribution < -0.4 is 5.32 Å². The van der Waals surface area contributed by atoms with Crippen molar-refractivity contribution in [2.45, 2.75) is 26.2 Å². The summed E-state index contributed by atoms with van der Waals surface area (Å²) in [6, 6.07) is 8.14. The highest BCUT2D eigenvalue weighted by Crippen LogP contribution is 2.20. The molecule has 15 heavy (non-hydrogen) atoms. The van der Waals surface area contributed by atoms with Crippen LogP contribution in [0.5, 0.6) is 0 Å². The van der Waals surface area contributed by atoms with Gasteiger partial charge < -0.3 is 5.32 Å². The van der Waals surface area contributed by atoms with Crippen molar-refractivity contribution in [3.63, 3.8) is 0 Å². The molecule has 0 aromatic heterocycles. The molecule has 84 valence electrons. The minimum atomic E-state index is 0.694. The van der Waals surface area contributed by atoms with E-state index in [4.69, 9.17) is 11.6 Å². The molecule has 1 unspecified atom stereocenters. The second kappa shape index (κ2) is 6.86. The fraction of sp³-hybridized carbons (Fsp3) is 0.538. The molecule has 0 fully saturated rings. The first-order chi connectivity index (χ1) is 7.27. The third-order valence-electron chi connectivity index (χ3n) is 2.66. The highest BCUT2D eigenvalue weighted by molar-refractivity contribution is 6.31. The summed E-state index contributed by atoms with van der Waals surface area (Å²) in [6.07, 6.45) is 3.57. The third-order valence-corrected chi connectivity index (χ3v) is 3.02. The largest absolute Gasteiger partial charge is 0.319 e. The van der Waals surface area contributed by atoms with Crippen LogP contribution in [0.3, 0.4) is 0 Å². The van der Waals surface area contributed by atoms with E-state index in [0.29, 0.717) is 5.92 Å².